The van der Waals surface area contributed by atoms with E-state index in [4.69, 9.17) is 4.98 Å². The van der Waals surface area contributed by atoms with Crippen LogP contribution in [0.4, 0.5) is 0 Å². The van der Waals surface area contributed by atoms with Crippen LogP contribution in [0.3, 0.4) is 0 Å². The lowest BCUT2D eigenvalue weighted by Gasteiger charge is -2.13. The van der Waals surface area contributed by atoms with E-state index in [2.05, 4.69) is 187 Å². The molecular formula is C47H30N2. The van der Waals surface area contributed by atoms with E-state index >= 15 is 0 Å². The average Bonchev–Trinajstić information content (AvgIpc) is 3.52. The molecule has 228 valence electrons. The summed E-state index contributed by atoms with van der Waals surface area (Å²) in [7, 11) is 0. The lowest BCUT2D eigenvalue weighted by atomic mass is 9.91. The van der Waals surface area contributed by atoms with Crippen LogP contribution in [0.1, 0.15) is 0 Å². The Morgan fingerprint density at radius 1 is 0.286 bits per heavy atom. The van der Waals surface area contributed by atoms with Crippen molar-refractivity contribution in [2.24, 2.45) is 0 Å². The van der Waals surface area contributed by atoms with Crippen LogP contribution in [0, 0.1) is 0 Å². The highest BCUT2D eigenvalue weighted by Gasteiger charge is 2.14. The van der Waals surface area contributed by atoms with Crippen molar-refractivity contribution in [2.45, 2.75) is 0 Å². The van der Waals surface area contributed by atoms with Gasteiger partial charge in [-0.15, -0.1) is 0 Å². The summed E-state index contributed by atoms with van der Waals surface area (Å²) in [5, 5.41) is 10.2. The SMILES string of the molecule is c1cc(-c2cccc(-c3cccc(-n4c5ccccc5c5ccccc54)n3)c2)cc(-c2ccc3c4ccccc4c4ccccc4c3c2)c1. The molecule has 10 rings (SSSR count). The first-order valence-electron chi connectivity index (χ1n) is 16.8. The van der Waals surface area contributed by atoms with Crippen LogP contribution >= 0.6 is 0 Å². The second-order valence-electron chi connectivity index (χ2n) is 12.8. The van der Waals surface area contributed by atoms with Crippen molar-refractivity contribution >= 4 is 54.1 Å². The monoisotopic (exact) mass is 622 g/mol. The summed E-state index contributed by atoms with van der Waals surface area (Å²) >= 11 is 0. The molecule has 49 heavy (non-hydrogen) atoms. The first kappa shape index (κ1) is 27.6. The van der Waals surface area contributed by atoms with E-state index in [0.29, 0.717) is 0 Å². The van der Waals surface area contributed by atoms with Gasteiger partial charge in [0, 0.05) is 16.3 Å². The fourth-order valence-corrected chi connectivity index (χ4v) is 7.70. The topological polar surface area (TPSA) is 17.8 Å². The molecule has 2 heterocycles. The van der Waals surface area contributed by atoms with Crippen molar-refractivity contribution < 1.29 is 0 Å². The first-order valence-corrected chi connectivity index (χ1v) is 16.8. The molecule has 2 aromatic heterocycles. The third-order valence-electron chi connectivity index (χ3n) is 9.98. The Kier molecular flexibility index (Phi) is 6.22. The quantitative estimate of drug-likeness (QED) is 0.179. The fraction of sp³-hybridized carbons (Fsp3) is 0. The minimum absolute atomic E-state index is 0.916. The second kappa shape index (κ2) is 11.0. The van der Waals surface area contributed by atoms with Crippen LogP contribution in [0.2, 0.25) is 0 Å². The van der Waals surface area contributed by atoms with Gasteiger partial charge in [-0.2, -0.15) is 0 Å². The minimum Gasteiger partial charge on any atom is -0.294 e. The lowest BCUT2D eigenvalue weighted by molar-refractivity contribution is 1.08. The second-order valence-corrected chi connectivity index (χ2v) is 12.8. The largest absolute Gasteiger partial charge is 0.294 e. The number of hydrogen-bond acceptors (Lipinski definition) is 1. The summed E-state index contributed by atoms with van der Waals surface area (Å²) in [6, 6.07) is 65.6. The molecule has 2 heteroatoms. The first-order chi connectivity index (χ1) is 24.3. The molecule has 0 bridgehead atoms. The van der Waals surface area contributed by atoms with Gasteiger partial charge in [0.25, 0.3) is 0 Å². The Balaban J connectivity index is 1.05. The molecule has 0 N–H and O–H groups in total. The Hall–Kier alpha value is -6.51. The maximum atomic E-state index is 5.22. The molecule has 10 aromatic rings. The molecular weight excluding hydrogens is 593 g/mol. The van der Waals surface area contributed by atoms with E-state index in [1.807, 2.05) is 0 Å². The highest BCUT2D eigenvalue weighted by Crippen LogP contribution is 2.38. The van der Waals surface area contributed by atoms with E-state index in [0.717, 1.165) is 28.1 Å². The van der Waals surface area contributed by atoms with Gasteiger partial charge in [0.1, 0.15) is 5.82 Å². The molecule has 0 fully saturated rings. The highest BCUT2D eigenvalue weighted by atomic mass is 15.1. The van der Waals surface area contributed by atoms with Crippen LogP contribution in [0.25, 0.3) is 93.5 Å². The van der Waals surface area contributed by atoms with Crippen molar-refractivity contribution in [3.05, 3.63) is 182 Å². The van der Waals surface area contributed by atoms with E-state index in [1.54, 1.807) is 0 Å². The Morgan fingerprint density at radius 3 is 1.31 bits per heavy atom. The summed E-state index contributed by atoms with van der Waals surface area (Å²) in [5.41, 5.74) is 9.13. The van der Waals surface area contributed by atoms with Gasteiger partial charge in [-0.1, -0.05) is 140 Å². The van der Waals surface area contributed by atoms with Crippen molar-refractivity contribution in [1.82, 2.24) is 9.55 Å². The van der Waals surface area contributed by atoms with E-state index in [1.165, 1.54) is 65.3 Å². The number of pyridine rings is 1. The summed E-state index contributed by atoms with van der Waals surface area (Å²) in [5.74, 6) is 0.916. The van der Waals surface area contributed by atoms with Gasteiger partial charge in [-0.3, -0.25) is 4.57 Å². The van der Waals surface area contributed by atoms with Gasteiger partial charge in [0.15, 0.2) is 0 Å². The molecule has 0 aliphatic carbocycles. The Bertz CT molecular complexity index is 2800. The maximum Gasteiger partial charge on any atom is 0.138 e. The molecule has 0 amide bonds. The predicted molar refractivity (Wildman–Crippen MR) is 207 cm³/mol. The number of aromatic nitrogens is 2. The number of para-hydroxylation sites is 2. The van der Waals surface area contributed by atoms with Crippen molar-refractivity contribution in [3.63, 3.8) is 0 Å². The summed E-state index contributed by atoms with van der Waals surface area (Å²) in [6.07, 6.45) is 0. The van der Waals surface area contributed by atoms with Crippen molar-refractivity contribution in [1.29, 1.82) is 0 Å². The van der Waals surface area contributed by atoms with Gasteiger partial charge < -0.3 is 0 Å². The van der Waals surface area contributed by atoms with Crippen molar-refractivity contribution in [2.75, 3.05) is 0 Å². The fourth-order valence-electron chi connectivity index (χ4n) is 7.70. The average molecular weight is 623 g/mol. The molecule has 0 saturated heterocycles. The third kappa shape index (κ3) is 4.46. The number of benzene rings is 8. The Labute approximate surface area is 284 Å². The maximum absolute atomic E-state index is 5.22. The van der Waals surface area contributed by atoms with Crippen LogP contribution in [0.15, 0.2) is 182 Å². The molecule has 0 unspecified atom stereocenters. The zero-order valence-corrected chi connectivity index (χ0v) is 26.7. The van der Waals surface area contributed by atoms with Crippen molar-refractivity contribution in [3.8, 4) is 39.3 Å². The standard InChI is InChI=1S/C47H30N2/c1-2-18-38-36(16-1)37-17-3-4-19-39(37)43-30-34(26-27-40(38)43)32-13-9-12-31(28-32)33-14-10-15-35(29-33)44-22-11-25-47(48-44)49-45-23-7-5-20-41(45)42-21-6-8-24-46(42)49/h1-30H. The van der Waals surface area contributed by atoms with Crippen LogP contribution in [-0.4, -0.2) is 9.55 Å². The molecule has 0 aliphatic rings. The molecule has 8 aromatic carbocycles. The zero-order valence-electron chi connectivity index (χ0n) is 26.7. The molecule has 0 radical (unpaired) electrons. The number of nitrogens with zero attached hydrogens (tertiary/aromatic N) is 2. The molecule has 0 saturated carbocycles. The molecule has 0 atom stereocenters. The number of rotatable bonds is 4. The smallest absolute Gasteiger partial charge is 0.138 e. The molecule has 0 spiro atoms. The molecule has 0 aliphatic heterocycles. The normalized spacial score (nSPS) is 11.7. The molecule has 2 nitrogen and oxygen atoms in total. The number of hydrogen-bond donors (Lipinski definition) is 0. The highest BCUT2D eigenvalue weighted by molar-refractivity contribution is 6.25. The minimum atomic E-state index is 0.916. The van der Waals surface area contributed by atoms with Gasteiger partial charge >= 0.3 is 0 Å². The van der Waals surface area contributed by atoms with Gasteiger partial charge in [-0.05, 0) is 97.0 Å². The van der Waals surface area contributed by atoms with E-state index < -0.39 is 0 Å². The van der Waals surface area contributed by atoms with E-state index in [9.17, 15) is 0 Å². The van der Waals surface area contributed by atoms with Crippen LogP contribution in [0.5, 0.6) is 0 Å². The van der Waals surface area contributed by atoms with Gasteiger partial charge in [-0.25, -0.2) is 4.98 Å². The summed E-state index contributed by atoms with van der Waals surface area (Å²) in [4.78, 5) is 5.22. The lowest BCUT2D eigenvalue weighted by Crippen LogP contribution is -1.98. The third-order valence-corrected chi connectivity index (χ3v) is 9.98. The van der Waals surface area contributed by atoms with E-state index in [-0.39, 0.29) is 0 Å². The zero-order chi connectivity index (χ0) is 32.3. The van der Waals surface area contributed by atoms with Gasteiger partial charge in [0.05, 0.1) is 16.7 Å². The predicted octanol–water partition coefficient (Wildman–Crippen LogP) is 12.6. The van der Waals surface area contributed by atoms with Crippen LogP contribution in [-0.2, 0) is 0 Å². The summed E-state index contributed by atoms with van der Waals surface area (Å²) < 4.78 is 2.27. The summed E-state index contributed by atoms with van der Waals surface area (Å²) in [6.45, 7) is 0. The Morgan fingerprint density at radius 2 is 0.714 bits per heavy atom. The number of fused-ring (bicyclic) bond motifs is 9. The van der Waals surface area contributed by atoms with Gasteiger partial charge in [0.2, 0.25) is 0 Å². The van der Waals surface area contributed by atoms with Crippen LogP contribution < -0.4 is 0 Å².